The number of anilines is 5. The van der Waals surface area contributed by atoms with Crippen LogP contribution in [0.2, 0.25) is 0 Å². The lowest BCUT2D eigenvalue weighted by molar-refractivity contribution is -0.140. The van der Waals surface area contributed by atoms with Crippen molar-refractivity contribution < 1.29 is 32.3 Å². The number of hydrogen-bond acceptors (Lipinski definition) is 10. The average Bonchev–Trinajstić information content (AvgIpc) is 3.27. The predicted molar refractivity (Wildman–Crippen MR) is 222 cm³/mol. The number of carbonyl (C=O) groups is 4. The van der Waals surface area contributed by atoms with Crippen molar-refractivity contribution in [3.8, 4) is 0 Å². The lowest BCUT2D eigenvalue weighted by atomic mass is 9.60. The molecule has 1 spiro atoms. The maximum Gasteiger partial charge on any atom is 0.342 e. The number of carbonyl (C=O) groups excluding carboxylic acids is 4. The summed E-state index contributed by atoms with van der Waals surface area (Å²) < 4.78 is 44.7. The Labute approximate surface area is 348 Å². The van der Waals surface area contributed by atoms with Crippen LogP contribution in [-0.4, -0.2) is 103 Å². The molecule has 16 heteroatoms. The number of imide groups is 1. The summed E-state index contributed by atoms with van der Waals surface area (Å²) in [5, 5.41) is 8.75. The third-order valence-electron chi connectivity index (χ3n) is 13.4. The highest BCUT2D eigenvalue weighted by atomic mass is 19.3. The van der Waals surface area contributed by atoms with Crippen LogP contribution >= 0.6 is 0 Å². The Bertz CT molecular complexity index is 2160. The third kappa shape index (κ3) is 8.39. The van der Waals surface area contributed by atoms with Crippen LogP contribution < -0.4 is 30.7 Å². The molecule has 4 aliphatic heterocycles. The quantitative estimate of drug-likeness (QED) is 0.223. The van der Waals surface area contributed by atoms with Gasteiger partial charge in [-0.25, -0.2) is 9.37 Å². The molecule has 5 heterocycles. The number of nitrogens with one attached hydrogen (secondary N) is 3. The average molecular weight is 830 g/mol. The molecule has 4 amide bonds. The number of hydrogen-bond donors (Lipinski definition) is 3. The number of aromatic nitrogens is 2. The van der Waals surface area contributed by atoms with E-state index in [4.69, 9.17) is 0 Å². The largest absolute Gasteiger partial charge is 0.369 e. The fourth-order valence-corrected chi connectivity index (χ4v) is 9.78. The number of piperidine rings is 3. The lowest BCUT2D eigenvalue weighted by Gasteiger charge is -2.52. The number of rotatable bonds is 9. The van der Waals surface area contributed by atoms with Crippen LogP contribution in [0, 0.1) is 24.1 Å². The molecule has 0 radical (unpaired) electrons. The van der Waals surface area contributed by atoms with Crippen molar-refractivity contribution in [3.63, 3.8) is 0 Å². The van der Waals surface area contributed by atoms with E-state index in [0.717, 1.165) is 81.7 Å². The fraction of sp³-hybridized carbons (Fsp3) is 0.545. The molecule has 1 aromatic heterocycles. The highest BCUT2D eigenvalue weighted by molar-refractivity contribution is 6.02. The van der Waals surface area contributed by atoms with Gasteiger partial charge in [0.15, 0.2) is 5.82 Å². The second-order valence-electron chi connectivity index (χ2n) is 17.9. The molecular formula is C44H54F3N9O4. The van der Waals surface area contributed by atoms with Crippen molar-refractivity contribution in [2.45, 2.75) is 96.1 Å². The molecule has 5 aliphatic rings. The van der Waals surface area contributed by atoms with Gasteiger partial charge >= 0.3 is 5.92 Å². The number of likely N-dealkylation sites (tertiary alicyclic amines) is 1. The van der Waals surface area contributed by atoms with Gasteiger partial charge in [-0.2, -0.15) is 13.8 Å². The van der Waals surface area contributed by atoms with Crippen molar-refractivity contribution in [3.05, 3.63) is 65.1 Å². The molecule has 1 atom stereocenters. The van der Waals surface area contributed by atoms with Gasteiger partial charge in [0.1, 0.15) is 11.5 Å². The first-order chi connectivity index (χ1) is 28.6. The topological polar surface area (TPSA) is 143 Å². The molecule has 320 valence electrons. The second-order valence-corrected chi connectivity index (χ2v) is 17.9. The fourth-order valence-electron chi connectivity index (χ4n) is 9.78. The molecule has 4 fully saturated rings. The van der Waals surface area contributed by atoms with E-state index in [1.54, 1.807) is 32.0 Å². The number of fused-ring (bicyclic) bond motifs is 1. The van der Waals surface area contributed by atoms with E-state index in [1.807, 2.05) is 19.1 Å². The van der Waals surface area contributed by atoms with Gasteiger partial charge in [-0.05, 0) is 132 Å². The summed E-state index contributed by atoms with van der Waals surface area (Å²) in [6.07, 6.45) is 8.16. The molecule has 3 N–H and O–H groups in total. The smallest absolute Gasteiger partial charge is 0.342 e. The molecule has 60 heavy (non-hydrogen) atoms. The van der Waals surface area contributed by atoms with Gasteiger partial charge in [-0.15, -0.1) is 0 Å². The summed E-state index contributed by atoms with van der Waals surface area (Å²) in [6.45, 7) is 9.29. The highest BCUT2D eigenvalue weighted by Crippen LogP contribution is 2.49. The molecule has 1 unspecified atom stereocenters. The summed E-state index contributed by atoms with van der Waals surface area (Å²) in [5.74, 6) is -5.50. The number of halogens is 3. The van der Waals surface area contributed by atoms with Gasteiger partial charge in [0.2, 0.25) is 17.8 Å². The Morgan fingerprint density at radius 3 is 2.38 bits per heavy atom. The first kappa shape index (κ1) is 41.5. The molecular weight excluding hydrogens is 776 g/mol. The molecule has 3 aromatic rings. The van der Waals surface area contributed by atoms with E-state index in [-0.39, 0.29) is 64.9 Å². The Hall–Kier alpha value is -5.25. The maximum absolute atomic E-state index is 15.3. The highest BCUT2D eigenvalue weighted by Gasteiger charge is 2.48. The van der Waals surface area contributed by atoms with E-state index in [2.05, 4.69) is 35.7 Å². The minimum atomic E-state index is -3.58. The zero-order valence-corrected chi connectivity index (χ0v) is 34.7. The summed E-state index contributed by atoms with van der Waals surface area (Å²) in [4.78, 5) is 65.5. The SMILES string of the molecule is Cc1cc(C(=O)NC2CC3(CCN(CC4CCN(c5ccc(C6CCC(=O)NC6=O)cc5F)CC4)CC3)C2)ccc1Nc1ncc2c(n1)N(C(C)C)CC(F)(F)C(=O)N2C. The summed E-state index contributed by atoms with van der Waals surface area (Å²) in [6, 6.07) is 10.2. The Balaban J connectivity index is 0.781. The van der Waals surface area contributed by atoms with Crippen LogP contribution in [0.1, 0.15) is 92.6 Å². The molecule has 2 aromatic carbocycles. The van der Waals surface area contributed by atoms with Crippen LogP contribution in [0.5, 0.6) is 0 Å². The number of aryl methyl sites for hydroxylation is 1. The van der Waals surface area contributed by atoms with Gasteiger partial charge in [0.25, 0.3) is 11.8 Å². The second kappa shape index (κ2) is 16.3. The molecule has 1 saturated carbocycles. The summed E-state index contributed by atoms with van der Waals surface area (Å²) >= 11 is 0. The predicted octanol–water partition coefficient (Wildman–Crippen LogP) is 5.91. The van der Waals surface area contributed by atoms with Crippen molar-refractivity contribution in [2.24, 2.45) is 11.3 Å². The van der Waals surface area contributed by atoms with Crippen LogP contribution in [0.25, 0.3) is 0 Å². The van der Waals surface area contributed by atoms with Crippen molar-refractivity contribution in [2.75, 3.05) is 66.3 Å². The normalized spacial score (nSPS) is 22.4. The van der Waals surface area contributed by atoms with Crippen LogP contribution in [0.4, 0.5) is 42.0 Å². The van der Waals surface area contributed by atoms with Gasteiger partial charge in [0, 0.05) is 56.4 Å². The van der Waals surface area contributed by atoms with Crippen molar-refractivity contribution >= 4 is 52.5 Å². The summed E-state index contributed by atoms with van der Waals surface area (Å²) in [7, 11) is 1.30. The number of nitrogens with zero attached hydrogens (tertiary/aromatic N) is 6. The van der Waals surface area contributed by atoms with E-state index < -0.39 is 24.3 Å². The van der Waals surface area contributed by atoms with Gasteiger partial charge in [0.05, 0.1) is 24.3 Å². The Kier molecular flexibility index (Phi) is 11.3. The third-order valence-corrected chi connectivity index (χ3v) is 13.4. The summed E-state index contributed by atoms with van der Waals surface area (Å²) in [5.41, 5.74) is 3.64. The number of alkyl halides is 2. The van der Waals surface area contributed by atoms with Gasteiger partial charge < -0.3 is 30.2 Å². The Morgan fingerprint density at radius 1 is 0.983 bits per heavy atom. The standard InChI is InChI=1S/C44H54F3N9O4/c1-26(2)56-25-44(46,47)41(60)53(4)36-23-48-42(52-38(36)56)50-34-8-5-30(19-27(34)3)39(58)49-31-21-43(22-31)13-17-54(18-14-43)24-28-11-15-55(16-12-28)35-9-6-29(20-33(35)45)32-7-10-37(57)51-40(32)59/h5-6,8-9,19-20,23,26,28,31-32H,7,10-18,21-22,24-25H2,1-4H3,(H,49,58)(H,48,50,52)(H,51,57,59). The molecule has 1 aliphatic carbocycles. The van der Waals surface area contributed by atoms with Crippen LogP contribution in [-0.2, 0) is 14.4 Å². The molecule has 3 saturated heterocycles. The molecule has 8 rings (SSSR count). The van der Waals surface area contributed by atoms with Crippen molar-refractivity contribution in [1.82, 2.24) is 25.5 Å². The minimum Gasteiger partial charge on any atom is -0.369 e. The maximum atomic E-state index is 15.3. The number of benzene rings is 2. The van der Waals surface area contributed by atoms with Gasteiger partial charge in [-0.3, -0.25) is 24.5 Å². The first-order valence-corrected chi connectivity index (χ1v) is 21.2. The zero-order valence-electron chi connectivity index (χ0n) is 34.7. The van der Waals surface area contributed by atoms with E-state index >= 15 is 4.39 Å². The first-order valence-electron chi connectivity index (χ1n) is 21.2. The zero-order chi connectivity index (χ0) is 42.5. The van der Waals surface area contributed by atoms with E-state index in [1.165, 1.54) is 24.2 Å². The van der Waals surface area contributed by atoms with E-state index in [9.17, 15) is 28.0 Å². The monoisotopic (exact) mass is 829 g/mol. The molecule has 0 bridgehead atoms. The van der Waals surface area contributed by atoms with Crippen LogP contribution in [0.15, 0.2) is 42.6 Å². The van der Waals surface area contributed by atoms with E-state index in [0.29, 0.717) is 34.8 Å². The minimum absolute atomic E-state index is 0.124. The Morgan fingerprint density at radius 2 is 1.72 bits per heavy atom. The van der Waals surface area contributed by atoms with Gasteiger partial charge in [-0.1, -0.05) is 6.07 Å². The number of amides is 4. The van der Waals surface area contributed by atoms with Crippen molar-refractivity contribution in [1.29, 1.82) is 0 Å². The lowest BCUT2D eigenvalue weighted by Crippen LogP contribution is -2.55. The molecule has 13 nitrogen and oxygen atoms in total. The van der Waals surface area contributed by atoms with Crippen LogP contribution in [0.3, 0.4) is 0 Å².